The SMILES string of the molecule is COc1cc(N)c(Cl)cc1C(=O)NC[C@@H]1CCN(CCCC(=O)c2ccccc2)C[C@@H]1O.Cl. The number of piperidine rings is 1. The van der Waals surface area contributed by atoms with Crippen LogP contribution in [0.25, 0.3) is 0 Å². The van der Waals surface area contributed by atoms with Crippen LogP contribution < -0.4 is 15.8 Å². The van der Waals surface area contributed by atoms with Crippen molar-refractivity contribution < 1.29 is 19.4 Å². The van der Waals surface area contributed by atoms with Gasteiger partial charge in [-0.3, -0.25) is 9.59 Å². The smallest absolute Gasteiger partial charge is 0.255 e. The second kappa shape index (κ2) is 12.8. The number of nitrogen functional groups attached to an aromatic ring is 1. The first-order valence-electron chi connectivity index (χ1n) is 10.8. The summed E-state index contributed by atoms with van der Waals surface area (Å²) in [6.07, 6.45) is 1.45. The van der Waals surface area contributed by atoms with Gasteiger partial charge in [-0.05, 0) is 32.0 Å². The number of hydrogen-bond acceptors (Lipinski definition) is 6. The summed E-state index contributed by atoms with van der Waals surface area (Å²) >= 11 is 6.04. The Morgan fingerprint density at radius 2 is 2.00 bits per heavy atom. The Kier molecular flexibility index (Phi) is 10.4. The summed E-state index contributed by atoms with van der Waals surface area (Å²) in [5, 5.41) is 13.7. The van der Waals surface area contributed by atoms with Crippen LogP contribution >= 0.6 is 24.0 Å². The molecule has 4 N–H and O–H groups in total. The summed E-state index contributed by atoms with van der Waals surface area (Å²) in [6.45, 7) is 2.45. The molecule has 0 bridgehead atoms. The van der Waals surface area contributed by atoms with Crippen LogP contribution in [-0.4, -0.2) is 61.1 Å². The van der Waals surface area contributed by atoms with Gasteiger partial charge in [0.1, 0.15) is 5.75 Å². The van der Waals surface area contributed by atoms with Crippen molar-refractivity contribution in [3.8, 4) is 5.75 Å². The minimum absolute atomic E-state index is 0. The fourth-order valence-corrected chi connectivity index (χ4v) is 4.12. The van der Waals surface area contributed by atoms with Crippen molar-refractivity contribution in [3.63, 3.8) is 0 Å². The number of nitrogens with one attached hydrogen (secondary N) is 1. The molecule has 0 spiro atoms. The van der Waals surface area contributed by atoms with E-state index in [9.17, 15) is 14.7 Å². The van der Waals surface area contributed by atoms with Gasteiger partial charge in [0.05, 0.1) is 29.5 Å². The molecule has 2 aromatic rings. The molecule has 2 aromatic carbocycles. The maximum absolute atomic E-state index is 12.6. The lowest BCUT2D eigenvalue weighted by Gasteiger charge is -2.36. The number of anilines is 1. The quantitative estimate of drug-likeness (QED) is 0.363. The van der Waals surface area contributed by atoms with Gasteiger partial charge in [-0.15, -0.1) is 12.4 Å². The third-order valence-electron chi connectivity index (χ3n) is 5.87. The van der Waals surface area contributed by atoms with E-state index in [4.69, 9.17) is 22.1 Å². The summed E-state index contributed by atoms with van der Waals surface area (Å²) < 4.78 is 5.23. The number of benzene rings is 2. The number of amides is 1. The molecular formula is C24H31Cl2N3O4. The van der Waals surface area contributed by atoms with Crippen LogP contribution in [0.4, 0.5) is 5.69 Å². The number of β-amino-alcohol motifs (C(OH)–C–C–N with tert-alkyl or cyclic N) is 1. The van der Waals surface area contributed by atoms with Crippen LogP contribution in [0.2, 0.25) is 5.02 Å². The normalized spacial score (nSPS) is 18.3. The van der Waals surface area contributed by atoms with Gasteiger partial charge in [0.25, 0.3) is 5.91 Å². The molecule has 0 saturated carbocycles. The molecule has 1 amide bonds. The molecule has 180 valence electrons. The number of Topliss-reactive ketones (excluding diaryl/α,β-unsaturated/α-hetero) is 1. The average Bonchev–Trinajstić information content (AvgIpc) is 2.80. The fraction of sp³-hybridized carbons (Fsp3) is 0.417. The summed E-state index contributed by atoms with van der Waals surface area (Å²) in [4.78, 5) is 27.0. The van der Waals surface area contributed by atoms with Crippen molar-refractivity contribution in [2.45, 2.75) is 25.4 Å². The zero-order valence-corrected chi connectivity index (χ0v) is 20.2. The Bertz CT molecular complexity index is 943. The third kappa shape index (κ3) is 7.33. The lowest BCUT2D eigenvalue weighted by Crippen LogP contribution is -2.47. The molecule has 7 nitrogen and oxygen atoms in total. The fourth-order valence-electron chi connectivity index (χ4n) is 3.95. The van der Waals surface area contributed by atoms with E-state index in [1.54, 1.807) is 0 Å². The zero-order chi connectivity index (χ0) is 23.1. The molecule has 1 heterocycles. The summed E-state index contributed by atoms with van der Waals surface area (Å²) in [5.74, 6) is 0.126. The molecule has 9 heteroatoms. The monoisotopic (exact) mass is 495 g/mol. The van der Waals surface area contributed by atoms with Crippen LogP contribution in [0, 0.1) is 5.92 Å². The topological polar surface area (TPSA) is 105 Å². The second-order valence-electron chi connectivity index (χ2n) is 8.09. The predicted molar refractivity (Wildman–Crippen MR) is 133 cm³/mol. The Morgan fingerprint density at radius 1 is 1.27 bits per heavy atom. The van der Waals surface area contributed by atoms with Crippen LogP contribution in [0.1, 0.15) is 40.0 Å². The highest BCUT2D eigenvalue weighted by Gasteiger charge is 2.28. The predicted octanol–water partition coefficient (Wildman–Crippen LogP) is 3.43. The van der Waals surface area contributed by atoms with Crippen molar-refractivity contribution in [2.24, 2.45) is 5.92 Å². The molecular weight excluding hydrogens is 465 g/mol. The van der Waals surface area contributed by atoms with Gasteiger partial charge < -0.3 is 25.8 Å². The first-order chi connectivity index (χ1) is 15.4. The molecule has 2 atom stereocenters. The molecule has 1 fully saturated rings. The number of halogens is 2. The lowest BCUT2D eigenvalue weighted by atomic mass is 9.93. The number of rotatable bonds is 9. The van der Waals surface area contributed by atoms with Crippen LogP contribution in [0.5, 0.6) is 5.75 Å². The molecule has 0 aromatic heterocycles. The highest BCUT2D eigenvalue weighted by Crippen LogP contribution is 2.29. The van der Waals surface area contributed by atoms with Gasteiger partial charge in [-0.25, -0.2) is 0 Å². The highest BCUT2D eigenvalue weighted by atomic mass is 35.5. The molecule has 1 aliphatic rings. The number of carbonyl (C=O) groups excluding carboxylic acids is 2. The maximum atomic E-state index is 12.6. The molecule has 0 unspecified atom stereocenters. The molecule has 1 saturated heterocycles. The minimum atomic E-state index is -0.550. The van der Waals surface area contributed by atoms with Crippen molar-refractivity contribution in [1.82, 2.24) is 10.2 Å². The lowest BCUT2D eigenvalue weighted by molar-refractivity contribution is 0.0217. The number of hydrogen-bond donors (Lipinski definition) is 3. The number of carbonyl (C=O) groups is 2. The van der Waals surface area contributed by atoms with E-state index in [1.165, 1.54) is 19.2 Å². The average molecular weight is 496 g/mol. The van der Waals surface area contributed by atoms with Gasteiger partial charge in [0.2, 0.25) is 0 Å². The Balaban J connectivity index is 0.00000385. The van der Waals surface area contributed by atoms with Crippen molar-refractivity contribution in [1.29, 1.82) is 0 Å². The zero-order valence-electron chi connectivity index (χ0n) is 18.6. The molecule has 0 radical (unpaired) electrons. The first kappa shape index (κ1) is 26.9. The van der Waals surface area contributed by atoms with Gasteiger partial charge in [-0.2, -0.15) is 0 Å². The number of likely N-dealkylation sites (tertiary alicyclic amines) is 1. The summed E-state index contributed by atoms with van der Waals surface area (Å²) in [6, 6.07) is 12.3. The molecule has 0 aliphatic carbocycles. The number of ketones is 1. The number of ether oxygens (including phenoxy) is 1. The number of nitrogens with zero attached hydrogens (tertiary/aromatic N) is 1. The maximum Gasteiger partial charge on any atom is 0.255 e. The van der Waals surface area contributed by atoms with Gasteiger partial charge >= 0.3 is 0 Å². The van der Waals surface area contributed by atoms with Crippen molar-refractivity contribution >= 4 is 41.4 Å². The van der Waals surface area contributed by atoms with Crippen LogP contribution in [-0.2, 0) is 0 Å². The first-order valence-corrected chi connectivity index (χ1v) is 11.2. The van der Waals surface area contributed by atoms with E-state index in [0.717, 1.165) is 31.5 Å². The van der Waals surface area contributed by atoms with Gasteiger partial charge in [-0.1, -0.05) is 41.9 Å². The number of aliphatic hydroxyl groups excluding tert-OH is 1. The summed E-state index contributed by atoms with van der Waals surface area (Å²) in [5.41, 5.74) is 7.15. The number of methoxy groups -OCH3 is 1. The molecule has 1 aliphatic heterocycles. The molecule has 33 heavy (non-hydrogen) atoms. The van der Waals surface area contributed by atoms with E-state index in [-0.39, 0.29) is 35.0 Å². The standard InChI is InChI=1S/C24H30ClN3O4.ClH/c1-32-23-13-20(26)19(25)12-18(23)24(31)27-14-17-9-11-28(15-22(17)30)10-5-8-21(29)16-6-3-2-4-7-16;/h2-4,6-7,12-13,17,22,30H,5,8-11,14-15,26H2,1H3,(H,27,31);1H/t17-,22-;/m0./s1. The van der Waals surface area contributed by atoms with Crippen molar-refractivity contribution in [3.05, 3.63) is 58.6 Å². The largest absolute Gasteiger partial charge is 0.496 e. The minimum Gasteiger partial charge on any atom is -0.496 e. The Hall–Kier alpha value is -2.32. The van der Waals surface area contributed by atoms with Crippen LogP contribution in [0.15, 0.2) is 42.5 Å². The highest BCUT2D eigenvalue weighted by molar-refractivity contribution is 6.33. The van der Waals surface area contributed by atoms with E-state index in [0.29, 0.717) is 36.5 Å². The second-order valence-corrected chi connectivity index (χ2v) is 8.50. The summed E-state index contributed by atoms with van der Waals surface area (Å²) in [7, 11) is 1.46. The number of aliphatic hydroxyl groups is 1. The van der Waals surface area contributed by atoms with E-state index in [1.807, 2.05) is 30.3 Å². The van der Waals surface area contributed by atoms with E-state index in [2.05, 4.69) is 10.2 Å². The van der Waals surface area contributed by atoms with Crippen LogP contribution in [0.3, 0.4) is 0 Å². The van der Waals surface area contributed by atoms with Gasteiger partial charge in [0.15, 0.2) is 5.78 Å². The Labute approximate surface area is 205 Å². The van der Waals surface area contributed by atoms with E-state index < -0.39 is 6.10 Å². The van der Waals surface area contributed by atoms with E-state index >= 15 is 0 Å². The van der Waals surface area contributed by atoms with Gasteiger partial charge in [0, 0.05) is 37.1 Å². The number of nitrogens with two attached hydrogens (primary N) is 1. The van der Waals surface area contributed by atoms with Crippen molar-refractivity contribution in [2.75, 3.05) is 39.0 Å². The molecule has 3 rings (SSSR count). The third-order valence-corrected chi connectivity index (χ3v) is 6.20. The Morgan fingerprint density at radius 3 is 2.67 bits per heavy atom.